The van der Waals surface area contributed by atoms with Crippen molar-refractivity contribution in [2.24, 2.45) is 0 Å². The summed E-state index contributed by atoms with van der Waals surface area (Å²) >= 11 is 5.85. The lowest BCUT2D eigenvalue weighted by Crippen LogP contribution is -2.05. The van der Waals surface area contributed by atoms with Gasteiger partial charge in [-0.2, -0.15) is 13.2 Å². The number of nitrogens with zero attached hydrogens (tertiary/aromatic N) is 2. The molecule has 2 aromatic carbocycles. The van der Waals surface area contributed by atoms with Crippen molar-refractivity contribution in [3.8, 4) is 17.1 Å². The Labute approximate surface area is 159 Å². The summed E-state index contributed by atoms with van der Waals surface area (Å²) in [7, 11) is -3.40. The van der Waals surface area contributed by atoms with Crippen LogP contribution < -0.4 is 0 Å². The number of hydrogen-bond donors (Lipinski definition) is 0. The molecule has 0 unspecified atom stereocenters. The van der Waals surface area contributed by atoms with Crippen molar-refractivity contribution in [2.45, 2.75) is 18.0 Å². The maximum Gasteiger partial charge on any atom is 0.434 e. The predicted molar refractivity (Wildman–Crippen MR) is 96.7 cm³/mol. The molecule has 0 N–H and O–H groups in total. The minimum Gasteiger partial charge on any atom is -0.299 e. The smallest absolute Gasteiger partial charge is 0.299 e. The van der Waals surface area contributed by atoms with Gasteiger partial charge in [-0.3, -0.25) is 4.57 Å². The first-order chi connectivity index (χ1) is 12.6. The molecule has 0 aliphatic carbocycles. The number of benzene rings is 2. The van der Waals surface area contributed by atoms with Crippen LogP contribution in [0.15, 0.2) is 59.6 Å². The summed E-state index contributed by atoms with van der Waals surface area (Å²) in [5, 5.41) is 0.450. The molecule has 0 aliphatic heterocycles. The second-order valence-corrected chi connectivity index (χ2v) is 8.44. The molecule has 0 atom stereocenters. The van der Waals surface area contributed by atoms with Gasteiger partial charge in [-0.05, 0) is 48.5 Å². The number of sulfone groups is 1. The largest absolute Gasteiger partial charge is 0.434 e. The normalized spacial score (nSPS) is 12.3. The van der Waals surface area contributed by atoms with Crippen molar-refractivity contribution in [1.29, 1.82) is 0 Å². The molecule has 0 radical (unpaired) electrons. The quantitative estimate of drug-likeness (QED) is 0.603. The Morgan fingerprint density at radius 3 is 2.15 bits per heavy atom. The maximum absolute atomic E-state index is 13.2. The van der Waals surface area contributed by atoms with Gasteiger partial charge in [-0.25, -0.2) is 13.4 Å². The van der Waals surface area contributed by atoms with Crippen LogP contribution in [0.1, 0.15) is 12.6 Å². The second kappa shape index (κ2) is 7.01. The van der Waals surface area contributed by atoms with Crippen LogP contribution in [0.4, 0.5) is 13.2 Å². The molecular formula is C18H14ClF3N2O2S. The molecule has 3 aromatic rings. The van der Waals surface area contributed by atoms with Crippen molar-refractivity contribution < 1.29 is 21.6 Å². The third-order valence-corrected chi connectivity index (χ3v) is 5.96. The third-order valence-electron chi connectivity index (χ3n) is 3.95. The molecule has 0 saturated heterocycles. The lowest BCUT2D eigenvalue weighted by molar-refractivity contribution is -0.140. The van der Waals surface area contributed by atoms with Gasteiger partial charge in [-0.1, -0.05) is 18.5 Å². The van der Waals surface area contributed by atoms with Gasteiger partial charge in [0, 0.05) is 22.5 Å². The van der Waals surface area contributed by atoms with E-state index in [-0.39, 0.29) is 16.5 Å². The minimum atomic E-state index is -4.61. The molecule has 0 bridgehead atoms. The summed E-state index contributed by atoms with van der Waals surface area (Å²) in [6.07, 6.45) is -3.72. The first kappa shape index (κ1) is 19.4. The fraction of sp³-hybridized carbons (Fsp3) is 0.167. The number of halogens is 4. The average molecular weight is 415 g/mol. The monoisotopic (exact) mass is 414 g/mol. The van der Waals surface area contributed by atoms with Gasteiger partial charge in [0.25, 0.3) is 0 Å². The van der Waals surface area contributed by atoms with Gasteiger partial charge in [0.15, 0.2) is 15.5 Å². The standard InChI is InChI=1S/C18H14ClF3N2O2S/c1-2-27(25,26)15-9-3-12(4-10-15)17-23-16(18(20,21)22)11-24(17)14-7-5-13(19)6-8-14/h3-11H,2H2,1H3. The van der Waals surface area contributed by atoms with Crippen molar-refractivity contribution in [3.05, 3.63) is 65.4 Å². The Hall–Kier alpha value is -2.32. The summed E-state index contributed by atoms with van der Waals surface area (Å²) in [6.45, 7) is 1.52. The number of rotatable bonds is 4. The zero-order chi connectivity index (χ0) is 19.8. The van der Waals surface area contributed by atoms with Crippen LogP contribution in [0, 0.1) is 0 Å². The maximum atomic E-state index is 13.2. The van der Waals surface area contributed by atoms with Crippen molar-refractivity contribution in [3.63, 3.8) is 0 Å². The lowest BCUT2D eigenvalue weighted by Gasteiger charge is -2.09. The molecular weight excluding hydrogens is 401 g/mol. The van der Waals surface area contributed by atoms with E-state index >= 15 is 0 Å². The molecule has 0 amide bonds. The molecule has 0 spiro atoms. The highest BCUT2D eigenvalue weighted by Gasteiger charge is 2.35. The van der Waals surface area contributed by atoms with E-state index in [2.05, 4.69) is 4.98 Å². The molecule has 4 nitrogen and oxygen atoms in total. The van der Waals surface area contributed by atoms with Gasteiger partial charge < -0.3 is 0 Å². The lowest BCUT2D eigenvalue weighted by atomic mass is 10.2. The number of alkyl halides is 3. The topological polar surface area (TPSA) is 52.0 Å². The third kappa shape index (κ3) is 4.01. The van der Waals surface area contributed by atoms with Crippen LogP contribution >= 0.6 is 11.6 Å². The first-order valence-corrected chi connectivity index (χ1v) is 9.90. The van der Waals surface area contributed by atoms with E-state index in [9.17, 15) is 21.6 Å². The van der Waals surface area contributed by atoms with Crippen LogP contribution in [0.3, 0.4) is 0 Å². The van der Waals surface area contributed by atoms with Crippen LogP contribution in [-0.2, 0) is 16.0 Å². The predicted octanol–water partition coefficient (Wildman–Crippen LogP) is 5.01. The molecule has 142 valence electrons. The van der Waals surface area contributed by atoms with Crippen LogP contribution in [0.5, 0.6) is 0 Å². The van der Waals surface area contributed by atoms with Crippen molar-refractivity contribution >= 4 is 21.4 Å². The zero-order valence-corrected chi connectivity index (χ0v) is 15.6. The molecule has 0 fully saturated rings. The first-order valence-electron chi connectivity index (χ1n) is 7.87. The highest BCUT2D eigenvalue weighted by molar-refractivity contribution is 7.91. The summed E-state index contributed by atoms with van der Waals surface area (Å²) in [5.74, 6) is -0.0191. The van der Waals surface area contributed by atoms with Crippen molar-refractivity contribution in [1.82, 2.24) is 9.55 Å². The molecule has 9 heteroatoms. The number of aromatic nitrogens is 2. The fourth-order valence-corrected chi connectivity index (χ4v) is 3.51. The molecule has 3 rings (SSSR count). The Bertz CT molecular complexity index is 1060. The molecule has 0 aliphatic rings. The van der Waals surface area contributed by atoms with E-state index in [0.29, 0.717) is 16.3 Å². The molecule has 0 saturated carbocycles. The van der Waals surface area contributed by atoms with E-state index in [1.807, 2.05) is 0 Å². The van der Waals surface area contributed by atoms with E-state index in [4.69, 9.17) is 11.6 Å². The van der Waals surface area contributed by atoms with Crippen molar-refractivity contribution in [2.75, 3.05) is 5.75 Å². The summed E-state index contributed by atoms with van der Waals surface area (Å²) < 4.78 is 64.6. The van der Waals surface area contributed by atoms with Gasteiger partial charge in [0.05, 0.1) is 10.6 Å². The van der Waals surface area contributed by atoms with Crippen LogP contribution in [-0.4, -0.2) is 23.7 Å². The highest BCUT2D eigenvalue weighted by Crippen LogP contribution is 2.33. The summed E-state index contributed by atoms with van der Waals surface area (Å²) in [4.78, 5) is 3.82. The Balaban J connectivity index is 2.14. The van der Waals surface area contributed by atoms with E-state index < -0.39 is 21.7 Å². The average Bonchev–Trinajstić information content (AvgIpc) is 3.08. The Kier molecular flexibility index (Phi) is 5.05. The van der Waals surface area contributed by atoms with Crippen LogP contribution in [0.2, 0.25) is 5.02 Å². The second-order valence-electron chi connectivity index (χ2n) is 5.72. The number of hydrogen-bond acceptors (Lipinski definition) is 3. The highest BCUT2D eigenvalue weighted by atomic mass is 35.5. The van der Waals surface area contributed by atoms with Gasteiger partial charge in [0.1, 0.15) is 5.82 Å². The van der Waals surface area contributed by atoms with Gasteiger partial charge in [-0.15, -0.1) is 0 Å². The zero-order valence-electron chi connectivity index (χ0n) is 14.0. The SMILES string of the molecule is CCS(=O)(=O)c1ccc(-c2nc(C(F)(F)F)cn2-c2ccc(Cl)cc2)cc1. The van der Waals surface area contributed by atoms with Gasteiger partial charge >= 0.3 is 6.18 Å². The minimum absolute atomic E-state index is 0.0464. The fourth-order valence-electron chi connectivity index (χ4n) is 2.50. The van der Waals surface area contributed by atoms with E-state index in [0.717, 1.165) is 6.20 Å². The summed E-state index contributed by atoms with van der Waals surface area (Å²) in [6, 6.07) is 11.9. The van der Waals surface area contributed by atoms with E-state index in [1.165, 1.54) is 35.8 Å². The summed E-state index contributed by atoms with van der Waals surface area (Å²) in [5.41, 5.74) is -0.240. The number of imidazole rings is 1. The Morgan fingerprint density at radius 2 is 1.63 bits per heavy atom. The molecule has 1 aromatic heterocycles. The molecule has 27 heavy (non-hydrogen) atoms. The van der Waals surface area contributed by atoms with Gasteiger partial charge in [0.2, 0.25) is 0 Å². The Morgan fingerprint density at radius 1 is 1.04 bits per heavy atom. The van der Waals surface area contributed by atoms with E-state index in [1.54, 1.807) is 24.3 Å². The molecule has 1 heterocycles. The van der Waals surface area contributed by atoms with Crippen LogP contribution in [0.25, 0.3) is 17.1 Å².